The molecule has 1 N–H and O–H groups in total. The molecule has 0 atom stereocenters. The predicted molar refractivity (Wildman–Crippen MR) is 151 cm³/mol. The second kappa shape index (κ2) is 11.4. The van der Waals surface area contributed by atoms with Crippen LogP contribution in [0.1, 0.15) is 35.6 Å². The molecule has 35 heavy (non-hydrogen) atoms. The molecule has 0 saturated heterocycles. The van der Waals surface area contributed by atoms with Crippen LogP contribution in [0.15, 0.2) is 72.3 Å². The van der Waals surface area contributed by atoms with Crippen molar-refractivity contribution < 1.29 is 0 Å². The first-order valence-corrected chi connectivity index (χ1v) is 12.7. The van der Waals surface area contributed by atoms with Crippen molar-refractivity contribution in [1.29, 1.82) is 0 Å². The van der Waals surface area contributed by atoms with Crippen LogP contribution >= 0.6 is 11.9 Å². The van der Waals surface area contributed by atoms with E-state index in [1.165, 1.54) is 16.0 Å². The first kappa shape index (κ1) is 24.8. The lowest BCUT2D eigenvalue weighted by molar-refractivity contribution is 0.551. The lowest BCUT2D eigenvalue weighted by Gasteiger charge is -2.18. The lowest BCUT2D eigenvalue weighted by atomic mass is 10.1. The highest BCUT2D eigenvalue weighted by atomic mass is 32.2. The zero-order valence-electron chi connectivity index (χ0n) is 21.0. The minimum Gasteiger partial charge on any atom is -0.370 e. The number of nitrogens with zero attached hydrogens (tertiary/aromatic N) is 4. The number of aryl methyl sites for hydroxylation is 2. The van der Waals surface area contributed by atoms with Gasteiger partial charge in [-0.05, 0) is 68.9 Å². The third-order valence-corrected chi connectivity index (χ3v) is 6.98. The van der Waals surface area contributed by atoms with Gasteiger partial charge in [0.05, 0.1) is 11.9 Å². The summed E-state index contributed by atoms with van der Waals surface area (Å²) < 4.78 is 4.19. The number of hydrogen-bond acceptors (Lipinski definition) is 5. The molecule has 4 aromatic rings. The monoisotopic (exact) mass is 483 g/mol. The molecule has 4 rings (SSSR count). The third-order valence-electron chi connectivity index (χ3n) is 5.93. The Balaban J connectivity index is 1.44. The molecule has 0 aliphatic rings. The summed E-state index contributed by atoms with van der Waals surface area (Å²) in [5.74, 6) is 0.964. The number of allylic oxidation sites excluding steroid dienone is 1. The van der Waals surface area contributed by atoms with Crippen LogP contribution < -0.4 is 5.32 Å². The van der Waals surface area contributed by atoms with Crippen LogP contribution in [-0.4, -0.2) is 39.0 Å². The largest absolute Gasteiger partial charge is 0.370 e. The summed E-state index contributed by atoms with van der Waals surface area (Å²) >= 11 is 1.77. The smallest absolute Gasteiger partial charge is 0.160 e. The van der Waals surface area contributed by atoms with E-state index in [1.54, 1.807) is 11.9 Å². The fourth-order valence-electron chi connectivity index (χ4n) is 4.09. The van der Waals surface area contributed by atoms with E-state index in [0.29, 0.717) is 0 Å². The highest BCUT2D eigenvalue weighted by molar-refractivity contribution is 7.97. The molecule has 0 amide bonds. The Morgan fingerprint density at radius 3 is 2.71 bits per heavy atom. The highest BCUT2D eigenvalue weighted by Gasteiger charge is 2.12. The minimum absolute atomic E-state index is 0.838. The molecule has 6 heteroatoms. The Kier molecular flexibility index (Phi) is 8.06. The maximum absolute atomic E-state index is 4.90. The molecule has 0 aliphatic heterocycles. The summed E-state index contributed by atoms with van der Waals surface area (Å²) in [6.07, 6.45) is 9.02. The Morgan fingerprint density at radius 2 is 1.94 bits per heavy atom. The number of aromatic nitrogens is 3. The molecule has 0 spiro atoms. The van der Waals surface area contributed by atoms with Crippen molar-refractivity contribution in [2.45, 2.75) is 32.1 Å². The number of fused-ring (bicyclic) bond motifs is 1. The average Bonchev–Trinajstić information content (AvgIpc) is 3.24. The average molecular weight is 484 g/mol. The summed E-state index contributed by atoms with van der Waals surface area (Å²) in [6, 6.07) is 16.8. The fourth-order valence-corrected chi connectivity index (χ4v) is 5.07. The standard InChI is InChI=1S/C29H33N5S/c1-6-12-25-23(7-2)14-10-16-27(25)35-33(5)18-11-17-30-28-19-26(24-15-9-8-13-21(24)3)32-29-22(4)20-31-34(28)29/h6-10,12-16,19-20,30H,2,11,17-18H2,1,3-5H3/b12-6-. The van der Waals surface area contributed by atoms with Crippen molar-refractivity contribution in [3.05, 3.63) is 89.6 Å². The maximum atomic E-state index is 4.90. The van der Waals surface area contributed by atoms with Crippen molar-refractivity contribution in [1.82, 2.24) is 18.9 Å². The molecular formula is C29H33N5S. The Hall–Kier alpha value is -3.35. The predicted octanol–water partition coefficient (Wildman–Crippen LogP) is 7.13. The third kappa shape index (κ3) is 5.66. The van der Waals surface area contributed by atoms with Crippen molar-refractivity contribution in [3.8, 4) is 11.3 Å². The van der Waals surface area contributed by atoms with Gasteiger partial charge in [-0.15, -0.1) is 0 Å². The summed E-state index contributed by atoms with van der Waals surface area (Å²) in [7, 11) is 2.14. The van der Waals surface area contributed by atoms with E-state index < -0.39 is 0 Å². The van der Waals surface area contributed by atoms with E-state index in [-0.39, 0.29) is 0 Å². The Labute approximate surface area is 212 Å². The van der Waals surface area contributed by atoms with Crippen molar-refractivity contribution >= 4 is 35.6 Å². The van der Waals surface area contributed by atoms with Gasteiger partial charge in [0.1, 0.15) is 5.82 Å². The van der Waals surface area contributed by atoms with E-state index in [9.17, 15) is 0 Å². The molecular weight excluding hydrogens is 450 g/mol. The second-order valence-electron chi connectivity index (χ2n) is 8.59. The molecule has 2 heterocycles. The topological polar surface area (TPSA) is 45.5 Å². The molecule has 0 bridgehead atoms. The maximum Gasteiger partial charge on any atom is 0.160 e. The molecule has 0 radical (unpaired) electrons. The van der Waals surface area contributed by atoms with Crippen LogP contribution in [0.5, 0.6) is 0 Å². The van der Waals surface area contributed by atoms with Crippen LogP contribution in [0.25, 0.3) is 29.1 Å². The van der Waals surface area contributed by atoms with Crippen LogP contribution in [0.3, 0.4) is 0 Å². The van der Waals surface area contributed by atoms with E-state index in [1.807, 2.05) is 23.7 Å². The van der Waals surface area contributed by atoms with E-state index in [0.717, 1.165) is 53.4 Å². The Morgan fingerprint density at radius 1 is 1.11 bits per heavy atom. The zero-order chi connectivity index (χ0) is 24.8. The quantitative estimate of drug-likeness (QED) is 0.192. The van der Waals surface area contributed by atoms with E-state index >= 15 is 0 Å². The van der Waals surface area contributed by atoms with Gasteiger partial charge in [-0.1, -0.05) is 61.2 Å². The fraction of sp³-hybridized carbons (Fsp3) is 0.241. The lowest BCUT2D eigenvalue weighted by Crippen LogP contribution is -2.16. The number of benzene rings is 2. The van der Waals surface area contributed by atoms with Gasteiger partial charge in [0.25, 0.3) is 0 Å². The van der Waals surface area contributed by atoms with Gasteiger partial charge in [0.15, 0.2) is 5.65 Å². The SMILES string of the molecule is C=Cc1cccc(SN(C)CCCNc2cc(-c3ccccc3C)nc3c(C)cnn23)c1/C=C\C. The molecule has 0 aliphatic carbocycles. The molecule has 5 nitrogen and oxygen atoms in total. The van der Waals surface area contributed by atoms with Crippen molar-refractivity contribution in [2.24, 2.45) is 0 Å². The Bertz CT molecular complexity index is 1350. The van der Waals surface area contributed by atoms with Gasteiger partial charge in [0, 0.05) is 35.2 Å². The van der Waals surface area contributed by atoms with Crippen LogP contribution in [-0.2, 0) is 0 Å². The van der Waals surface area contributed by atoms with Gasteiger partial charge < -0.3 is 5.32 Å². The zero-order valence-corrected chi connectivity index (χ0v) is 21.8. The highest BCUT2D eigenvalue weighted by Crippen LogP contribution is 2.30. The van der Waals surface area contributed by atoms with Gasteiger partial charge in [-0.25, -0.2) is 9.29 Å². The van der Waals surface area contributed by atoms with E-state index in [4.69, 9.17) is 4.98 Å². The van der Waals surface area contributed by atoms with Gasteiger partial charge >= 0.3 is 0 Å². The minimum atomic E-state index is 0.838. The number of hydrogen-bond donors (Lipinski definition) is 1. The summed E-state index contributed by atoms with van der Waals surface area (Å²) in [4.78, 5) is 6.14. The second-order valence-corrected chi connectivity index (χ2v) is 9.84. The number of rotatable bonds is 10. The summed E-state index contributed by atoms with van der Waals surface area (Å²) in [5.41, 5.74) is 7.66. The van der Waals surface area contributed by atoms with Gasteiger partial charge in [-0.2, -0.15) is 9.61 Å². The molecule has 0 fully saturated rings. The van der Waals surface area contributed by atoms with Crippen LogP contribution in [0, 0.1) is 13.8 Å². The molecule has 2 aromatic heterocycles. The van der Waals surface area contributed by atoms with Gasteiger partial charge in [-0.3, -0.25) is 0 Å². The summed E-state index contributed by atoms with van der Waals surface area (Å²) in [6.45, 7) is 12.0. The number of anilines is 1. The van der Waals surface area contributed by atoms with Gasteiger partial charge in [0.2, 0.25) is 0 Å². The van der Waals surface area contributed by atoms with Crippen molar-refractivity contribution in [3.63, 3.8) is 0 Å². The summed E-state index contributed by atoms with van der Waals surface area (Å²) in [5, 5.41) is 8.15. The van der Waals surface area contributed by atoms with Crippen LogP contribution in [0.2, 0.25) is 0 Å². The molecule has 180 valence electrons. The molecule has 0 saturated carbocycles. The molecule has 2 aromatic carbocycles. The van der Waals surface area contributed by atoms with E-state index in [2.05, 4.69) is 103 Å². The van der Waals surface area contributed by atoms with Crippen LogP contribution in [0.4, 0.5) is 5.82 Å². The normalized spacial score (nSPS) is 11.6. The number of nitrogens with one attached hydrogen (secondary N) is 1. The first-order valence-electron chi connectivity index (χ1n) is 11.9. The first-order chi connectivity index (χ1) is 17.0. The molecule has 0 unspecified atom stereocenters. The van der Waals surface area contributed by atoms with Crippen molar-refractivity contribution in [2.75, 3.05) is 25.5 Å².